The van der Waals surface area contributed by atoms with Crippen molar-refractivity contribution in [3.63, 3.8) is 0 Å². The maximum Gasteiger partial charge on any atom is 0.225 e. The van der Waals surface area contributed by atoms with Crippen LogP contribution in [-0.4, -0.2) is 58.8 Å². The lowest BCUT2D eigenvalue weighted by atomic mass is 10.0. The molecule has 1 N–H and O–H groups in total. The molecular weight excluding hydrogens is 252 g/mol. The number of piperazine rings is 1. The van der Waals surface area contributed by atoms with Crippen LogP contribution in [0.5, 0.6) is 0 Å². The molecule has 20 heavy (non-hydrogen) atoms. The minimum atomic E-state index is -0.142. The second-order valence-electron chi connectivity index (χ2n) is 5.95. The van der Waals surface area contributed by atoms with Gasteiger partial charge in [0.1, 0.15) is 0 Å². The fourth-order valence-corrected chi connectivity index (χ4v) is 3.34. The van der Waals surface area contributed by atoms with E-state index in [0.29, 0.717) is 5.92 Å². The van der Waals surface area contributed by atoms with Crippen molar-refractivity contribution >= 4 is 5.95 Å². The van der Waals surface area contributed by atoms with Crippen LogP contribution in [0.25, 0.3) is 0 Å². The number of rotatable bonds is 4. The number of β-amino-alcohol motifs (C(OH)–C–C–N with tert-alkyl or cyclic N) is 1. The van der Waals surface area contributed by atoms with Crippen molar-refractivity contribution in [2.45, 2.75) is 31.8 Å². The van der Waals surface area contributed by atoms with Gasteiger partial charge in [0, 0.05) is 45.1 Å². The smallest absolute Gasteiger partial charge is 0.225 e. The van der Waals surface area contributed by atoms with E-state index in [2.05, 4.69) is 19.8 Å². The molecule has 0 spiro atoms. The van der Waals surface area contributed by atoms with Crippen LogP contribution >= 0.6 is 0 Å². The van der Waals surface area contributed by atoms with Gasteiger partial charge < -0.3 is 10.0 Å². The summed E-state index contributed by atoms with van der Waals surface area (Å²) in [5.41, 5.74) is 0. The zero-order valence-electron chi connectivity index (χ0n) is 12.0. The maximum absolute atomic E-state index is 10.3. The van der Waals surface area contributed by atoms with E-state index in [9.17, 15) is 5.11 Å². The van der Waals surface area contributed by atoms with Crippen molar-refractivity contribution in [3.8, 4) is 0 Å². The number of hydrogen-bond donors (Lipinski definition) is 1. The van der Waals surface area contributed by atoms with E-state index < -0.39 is 0 Å². The molecule has 2 fully saturated rings. The zero-order chi connectivity index (χ0) is 13.8. The number of aromatic nitrogens is 2. The van der Waals surface area contributed by atoms with Crippen LogP contribution in [0.15, 0.2) is 18.5 Å². The molecule has 0 radical (unpaired) electrons. The van der Waals surface area contributed by atoms with Crippen LogP contribution in [0.1, 0.15) is 25.7 Å². The lowest BCUT2D eigenvalue weighted by Gasteiger charge is -2.36. The van der Waals surface area contributed by atoms with E-state index in [1.54, 1.807) is 12.4 Å². The van der Waals surface area contributed by atoms with E-state index in [-0.39, 0.29) is 6.10 Å². The molecule has 0 aromatic carbocycles. The quantitative estimate of drug-likeness (QED) is 0.894. The molecule has 1 saturated heterocycles. The van der Waals surface area contributed by atoms with E-state index in [1.807, 2.05) is 6.07 Å². The molecule has 110 valence electrons. The van der Waals surface area contributed by atoms with Gasteiger partial charge in [0.15, 0.2) is 0 Å². The van der Waals surface area contributed by atoms with Gasteiger partial charge in [-0.1, -0.05) is 12.8 Å². The first kappa shape index (κ1) is 13.8. The van der Waals surface area contributed by atoms with Crippen molar-refractivity contribution in [1.82, 2.24) is 14.9 Å². The second-order valence-corrected chi connectivity index (χ2v) is 5.95. The highest BCUT2D eigenvalue weighted by atomic mass is 16.3. The summed E-state index contributed by atoms with van der Waals surface area (Å²) in [4.78, 5) is 13.2. The predicted molar refractivity (Wildman–Crippen MR) is 78.6 cm³/mol. The number of anilines is 1. The standard InChI is InChI=1S/C15H24N4O/c20-14(13-4-1-2-5-13)12-18-8-10-19(11-9-18)15-16-6-3-7-17-15/h3,6-7,13-14,20H,1-2,4-5,8-12H2. The molecule has 5 heteroatoms. The first-order valence-corrected chi connectivity index (χ1v) is 7.75. The Morgan fingerprint density at radius 3 is 2.40 bits per heavy atom. The summed E-state index contributed by atoms with van der Waals surface area (Å²) in [6, 6.07) is 1.84. The summed E-state index contributed by atoms with van der Waals surface area (Å²) >= 11 is 0. The normalized spacial score (nSPS) is 23.1. The minimum Gasteiger partial charge on any atom is -0.392 e. The van der Waals surface area contributed by atoms with Gasteiger partial charge >= 0.3 is 0 Å². The molecule has 2 aliphatic rings. The van der Waals surface area contributed by atoms with Crippen LogP contribution in [-0.2, 0) is 0 Å². The molecule has 1 aromatic heterocycles. The Morgan fingerprint density at radius 1 is 1.10 bits per heavy atom. The first-order chi connectivity index (χ1) is 9.83. The Kier molecular flexibility index (Phi) is 4.47. The molecule has 5 nitrogen and oxygen atoms in total. The first-order valence-electron chi connectivity index (χ1n) is 7.75. The van der Waals surface area contributed by atoms with E-state index in [0.717, 1.165) is 38.7 Å². The molecule has 1 saturated carbocycles. The van der Waals surface area contributed by atoms with Gasteiger partial charge in [-0.15, -0.1) is 0 Å². The highest BCUT2D eigenvalue weighted by Crippen LogP contribution is 2.28. The third-order valence-corrected chi connectivity index (χ3v) is 4.60. The van der Waals surface area contributed by atoms with Crippen LogP contribution in [0.4, 0.5) is 5.95 Å². The van der Waals surface area contributed by atoms with E-state index in [1.165, 1.54) is 25.7 Å². The van der Waals surface area contributed by atoms with Gasteiger partial charge in [0.25, 0.3) is 0 Å². The maximum atomic E-state index is 10.3. The monoisotopic (exact) mass is 276 g/mol. The van der Waals surface area contributed by atoms with Crippen LogP contribution < -0.4 is 4.90 Å². The fraction of sp³-hybridized carbons (Fsp3) is 0.733. The highest BCUT2D eigenvalue weighted by Gasteiger charge is 2.26. The minimum absolute atomic E-state index is 0.142. The number of aliphatic hydroxyl groups is 1. The summed E-state index contributed by atoms with van der Waals surface area (Å²) in [5.74, 6) is 1.36. The van der Waals surface area contributed by atoms with Gasteiger partial charge in [-0.05, 0) is 24.8 Å². The third-order valence-electron chi connectivity index (χ3n) is 4.60. The Labute approximate surface area is 120 Å². The summed E-state index contributed by atoms with van der Waals surface area (Å²) < 4.78 is 0. The Bertz CT molecular complexity index is 400. The SMILES string of the molecule is OC(CN1CCN(c2ncccn2)CC1)C1CCCC1. The van der Waals surface area contributed by atoms with Gasteiger partial charge in [0.05, 0.1) is 6.10 Å². The van der Waals surface area contributed by atoms with Crippen molar-refractivity contribution in [2.75, 3.05) is 37.6 Å². The molecule has 3 rings (SSSR count). The third kappa shape index (κ3) is 3.27. The summed E-state index contributed by atoms with van der Waals surface area (Å²) in [7, 11) is 0. The average Bonchev–Trinajstić information content (AvgIpc) is 3.03. The number of aliphatic hydroxyl groups excluding tert-OH is 1. The molecule has 1 aliphatic carbocycles. The van der Waals surface area contributed by atoms with Crippen LogP contribution in [0.3, 0.4) is 0 Å². The average molecular weight is 276 g/mol. The van der Waals surface area contributed by atoms with E-state index in [4.69, 9.17) is 0 Å². The number of hydrogen-bond acceptors (Lipinski definition) is 5. The number of nitrogens with zero attached hydrogens (tertiary/aromatic N) is 4. The topological polar surface area (TPSA) is 52.5 Å². The Morgan fingerprint density at radius 2 is 1.75 bits per heavy atom. The van der Waals surface area contributed by atoms with Gasteiger partial charge in [-0.3, -0.25) is 4.90 Å². The molecule has 1 aromatic rings. The molecule has 0 amide bonds. The zero-order valence-corrected chi connectivity index (χ0v) is 12.0. The van der Waals surface area contributed by atoms with Gasteiger partial charge in [-0.2, -0.15) is 0 Å². The Hall–Kier alpha value is -1.20. The molecule has 0 bridgehead atoms. The van der Waals surface area contributed by atoms with Crippen molar-refractivity contribution in [1.29, 1.82) is 0 Å². The van der Waals surface area contributed by atoms with Gasteiger partial charge in [-0.25, -0.2) is 9.97 Å². The van der Waals surface area contributed by atoms with Crippen molar-refractivity contribution in [2.24, 2.45) is 5.92 Å². The summed E-state index contributed by atoms with van der Waals surface area (Å²) in [6.07, 6.45) is 8.44. The highest BCUT2D eigenvalue weighted by molar-refractivity contribution is 5.29. The van der Waals surface area contributed by atoms with Crippen LogP contribution in [0, 0.1) is 5.92 Å². The lowest BCUT2D eigenvalue weighted by Crippen LogP contribution is -2.49. The van der Waals surface area contributed by atoms with E-state index >= 15 is 0 Å². The summed E-state index contributed by atoms with van der Waals surface area (Å²) in [5, 5.41) is 10.3. The van der Waals surface area contributed by atoms with Crippen LogP contribution in [0.2, 0.25) is 0 Å². The lowest BCUT2D eigenvalue weighted by molar-refractivity contribution is 0.0635. The van der Waals surface area contributed by atoms with Gasteiger partial charge in [0.2, 0.25) is 5.95 Å². The summed E-state index contributed by atoms with van der Waals surface area (Å²) in [6.45, 7) is 4.70. The molecule has 1 unspecified atom stereocenters. The molecule has 1 aliphatic heterocycles. The molecular formula is C15H24N4O. The molecule has 2 heterocycles. The molecule has 1 atom stereocenters. The fourth-order valence-electron chi connectivity index (χ4n) is 3.34. The second kappa shape index (κ2) is 6.50. The van der Waals surface area contributed by atoms with Crippen molar-refractivity contribution < 1.29 is 5.11 Å². The largest absolute Gasteiger partial charge is 0.392 e. The predicted octanol–water partition coefficient (Wildman–Crippen LogP) is 1.15. The Balaban J connectivity index is 1.46. The van der Waals surface area contributed by atoms with Crippen molar-refractivity contribution in [3.05, 3.63) is 18.5 Å².